The Morgan fingerprint density at radius 3 is 2.86 bits per heavy atom. The highest BCUT2D eigenvalue weighted by Gasteiger charge is 2.19. The molecule has 0 saturated carbocycles. The van der Waals surface area contributed by atoms with E-state index >= 15 is 0 Å². The van der Waals surface area contributed by atoms with Crippen molar-refractivity contribution in [2.75, 3.05) is 37.6 Å². The number of aromatic nitrogens is 4. The number of anilines is 1. The van der Waals surface area contributed by atoms with Gasteiger partial charge < -0.3 is 4.90 Å². The summed E-state index contributed by atoms with van der Waals surface area (Å²) in [6.45, 7) is 6.95. The molecule has 7 heteroatoms. The van der Waals surface area contributed by atoms with Crippen LogP contribution in [0.15, 0.2) is 12.4 Å². The molecule has 3 heterocycles. The Labute approximate surface area is 123 Å². The molecule has 1 aliphatic heterocycles. The van der Waals surface area contributed by atoms with Crippen molar-refractivity contribution in [3.05, 3.63) is 18.1 Å². The average Bonchev–Trinajstić information content (AvgIpc) is 2.95. The van der Waals surface area contributed by atoms with Gasteiger partial charge in [-0.05, 0) is 19.9 Å². The number of rotatable bonds is 4. The van der Waals surface area contributed by atoms with E-state index in [-0.39, 0.29) is 0 Å². The first kappa shape index (κ1) is 13.8. The summed E-state index contributed by atoms with van der Waals surface area (Å²) in [5.74, 6) is 1.72. The molecule has 110 valence electrons. The van der Waals surface area contributed by atoms with E-state index in [0.717, 1.165) is 50.7 Å². The molecule has 1 aliphatic rings. The largest absolute Gasteiger partial charge is 0.354 e. The topological polar surface area (TPSA) is 73.3 Å². The number of piperazine rings is 1. The zero-order valence-electron chi connectivity index (χ0n) is 12.2. The van der Waals surface area contributed by atoms with Gasteiger partial charge in [0, 0.05) is 44.4 Å². The van der Waals surface area contributed by atoms with Gasteiger partial charge in [0.2, 0.25) is 0 Å². The fourth-order valence-corrected chi connectivity index (χ4v) is 2.72. The molecule has 1 saturated heterocycles. The lowest BCUT2D eigenvalue weighted by atomic mass is 10.2. The molecule has 7 nitrogen and oxygen atoms in total. The van der Waals surface area contributed by atoms with Crippen LogP contribution in [0.25, 0.3) is 5.78 Å². The summed E-state index contributed by atoms with van der Waals surface area (Å²) in [4.78, 5) is 13.3. The maximum atomic E-state index is 8.59. The first-order valence-corrected chi connectivity index (χ1v) is 7.29. The molecule has 0 aromatic carbocycles. The van der Waals surface area contributed by atoms with E-state index in [0.29, 0.717) is 12.2 Å². The van der Waals surface area contributed by atoms with Crippen LogP contribution in [0.5, 0.6) is 0 Å². The van der Waals surface area contributed by atoms with Crippen molar-refractivity contribution in [3.8, 4) is 6.07 Å². The van der Waals surface area contributed by atoms with Crippen molar-refractivity contribution in [1.29, 1.82) is 5.26 Å². The molecule has 0 atom stereocenters. The first-order chi connectivity index (χ1) is 10.3. The van der Waals surface area contributed by atoms with Gasteiger partial charge in [-0.1, -0.05) is 0 Å². The van der Waals surface area contributed by atoms with E-state index in [1.165, 1.54) is 0 Å². The van der Waals surface area contributed by atoms with E-state index in [1.54, 1.807) is 10.8 Å². The maximum Gasteiger partial charge on any atom is 0.254 e. The molecule has 0 aliphatic carbocycles. The van der Waals surface area contributed by atoms with Gasteiger partial charge in [-0.2, -0.15) is 19.9 Å². The van der Waals surface area contributed by atoms with Crippen LogP contribution in [0.3, 0.4) is 0 Å². The second-order valence-corrected chi connectivity index (χ2v) is 5.32. The minimum Gasteiger partial charge on any atom is -0.354 e. The van der Waals surface area contributed by atoms with Gasteiger partial charge in [-0.15, -0.1) is 0 Å². The predicted octanol–water partition coefficient (Wildman–Crippen LogP) is 0.858. The van der Waals surface area contributed by atoms with E-state index in [4.69, 9.17) is 5.26 Å². The van der Waals surface area contributed by atoms with Crippen LogP contribution in [0.4, 0.5) is 5.82 Å². The van der Waals surface area contributed by atoms with Crippen LogP contribution in [0.2, 0.25) is 0 Å². The summed E-state index contributed by atoms with van der Waals surface area (Å²) in [5, 5.41) is 12.9. The number of hydrogen-bond acceptors (Lipinski definition) is 6. The molecule has 0 bridgehead atoms. The zero-order chi connectivity index (χ0) is 14.7. The number of nitrogens with zero attached hydrogens (tertiary/aromatic N) is 7. The van der Waals surface area contributed by atoms with Crippen molar-refractivity contribution >= 4 is 11.6 Å². The third kappa shape index (κ3) is 2.95. The molecular formula is C14H19N7. The summed E-state index contributed by atoms with van der Waals surface area (Å²) in [7, 11) is 0. The molecule has 1 fully saturated rings. The average molecular weight is 285 g/mol. The summed E-state index contributed by atoms with van der Waals surface area (Å²) in [5.41, 5.74) is 0.960. The molecule has 0 spiro atoms. The highest BCUT2D eigenvalue weighted by Crippen LogP contribution is 2.17. The minimum absolute atomic E-state index is 0.642. The van der Waals surface area contributed by atoms with Gasteiger partial charge in [-0.25, -0.2) is 4.98 Å². The molecule has 0 N–H and O–H groups in total. The van der Waals surface area contributed by atoms with Gasteiger partial charge in [-0.3, -0.25) is 4.90 Å². The Balaban J connectivity index is 1.68. The fourth-order valence-electron chi connectivity index (χ4n) is 2.72. The normalized spacial score (nSPS) is 16.3. The van der Waals surface area contributed by atoms with Crippen molar-refractivity contribution in [1.82, 2.24) is 24.5 Å². The quantitative estimate of drug-likeness (QED) is 0.776. The Hall–Kier alpha value is -2.20. The van der Waals surface area contributed by atoms with Crippen LogP contribution in [-0.4, -0.2) is 57.2 Å². The molecular weight excluding hydrogens is 266 g/mol. The highest BCUT2D eigenvalue weighted by atomic mass is 15.4. The Kier molecular flexibility index (Phi) is 3.97. The number of unbranched alkanes of at least 4 members (excludes halogenated alkanes) is 1. The van der Waals surface area contributed by atoms with Crippen LogP contribution >= 0.6 is 0 Å². The summed E-state index contributed by atoms with van der Waals surface area (Å²) in [6.07, 6.45) is 3.14. The Morgan fingerprint density at radius 2 is 2.10 bits per heavy atom. The number of fused-ring (bicyclic) bond motifs is 1. The van der Waals surface area contributed by atoms with Gasteiger partial charge in [0.1, 0.15) is 12.1 Å². The van der Waals surface area contributed by atoms with Gasteiger partial charge >= 0.3 is 0 Å². The number of nitriles is 1. The standard InChI is InChI=1S/C14H19N7/c1-12-10-13(21-14(18-12)16-11-17-21)20-8-6-19(7-9-20)5-3-2-4-15/h10-11H,2-3,5-9H2,1H3. The third-order valence-electron chi connectivity index (χ3n) is 3.82. The Morgan fingerprint density at radius 1 is 1.29 bits per heavy atom. The lowest BCUT2D eigenvalue weighted by Crippen LogP contribution is -2.47. The third-order valence-corrected chi connectivity index (χ3v) is 3.82. The monoisotopic (exact) mass is 285 g/mol. The molecule has 3 rings (SSSR count). The zero-order valence-corrected chi connectivity index (χ0v) is 12.2. The summed E-state index contributed by atoms with van der Waals surface area (Å²) >= 11 is 0. The van der Waals surface area contributed by atoms with Crippen molar-refractivity contribution < 1.29 is 0 Å². The van der Waals surface area contributed by atoms with Crippen LogP contribution in [-0.2, 0) is 0 Å². The second-order valence-electron chi connectivity index (χ2n) is 5.32. The SMILES string of the molecule is Cc1cc(N2CCN(CCCC#N)CC2)n2ncnc2n1. The second kappa shape index (κ2) is 6.06. The molecule has 2 aromatic heterocycles. The van der Waals surface area contributed by atoms with Crippen LogP contribution < -0.4 is 4.90 Å². The van der Waals surface area contributed by atoms with E-state index < -0.39 is 0 Å². The van der Waals surface area contributed by atoms with Crippen molar-refractivity contribution in [2.45, 2.75) is 19.8 Å². The smallest absolute Gasteiger partial charge is 0.254 e. The molecule has 0 radical (unpaired) electrons. The highest BCUT2D eigenvalue weighted by molar-refractivity contribution is 5.47. The van der Waals surface area contributed by atoms with Crippen molar-refractivity contribution in [3.63, 3.8) is 0 Å². The fraction of sp³-hybridized carbons (Fsp3) is 0.571. The van der Waals surface area contributed by atoms with Gasteiger partial charge in [0.15, 0.2) is 0 Å². The molecule has 0 unspecified atom stereocenters. The van der Waals surface area contributed by atoms with Crippen molar-refractivity contribution in [2.24, 2.45) is 0 Å². The van der Waals surface area contributed by atoms with Crippen LogP contribution in [0, 0.1) is 18.3 Å². The van der Waals surface area contributed by atoms with Crippen LogP contribution in [0.1, 0.15) is 18.5 Å². The minimum atomic E-state index is 0.642. The summed E-state index contributed by atoms with van der Waals surface area (Å²) < 4.78 is 1.80. The van der Waals surface area contributed by atoms with E-state index in [1.807, 2.05) is 6.92 Å². The van der Waals surface area contributed by atoms with Gasteiger partial charge in [0.05, 0.1) is 6.07 Å². The number of aryl methyl sites for hydroxylation is 1. The lowest BCUT2D eigenvalue weighted by molar-refractivity contribution is 0.255. The van der Waals surface area contributed by atoms with E-state index in [9.17, 15) is 0 Å². The first-order valence-electron chi connectivity index (χ1n) is 7.29. The lowest BCUT2D eigenvalue weighted by Gasteiger charge is -2.35. The predicted molar refractivity (Wildman–Crippen MR) is 79.0 cm³/mol. The van der Waals surface area contributed by atoms with E-state index in [2.05, 4.69) is 37.0 Å². The van der Waals surface area contributed by atoms with Gasteiger partial charge in [0.25, 0.3) is 5.78 Å². The molecule has 0 amide bonds. The Bertz CT molecular complexity index is 649. The summed E-state index contributed by atoms with van der Waals surface area (Å²) in [6, 6.07) is 4.27. The molecule has 21 heavy (non-hydrogen) atoms. The maximum absolute atomic E-state index is 8.59. The number of hydrogen-bond donors (Lipinski definition) is 0. The molecule has 2 aromatic rings.